The molecule has 3 N–H and O–H groups in total. The number of carbonyl (C=O) groups excluding carboxylic acids is 1. The lowest BCUT2D eigenvalue weighted by atomic mass is 10.1. The molecular weight excluding hydrogens is 244 g/mol. The molecule has 1 aromatic heterocycles. The third kappa shape index (κ3) is 3.14. The number of rotatable bonds is 4. The van der Waals surface area contributed by atoms with Crippen molar-refractivity contribution in [1.82, 2.24) is 25.5 Å². The molecule has 0 saturated heterocycles. The van der Waals surface area contributed by atoms with E-state index in [1.165, 1.54) is 6.33 Å². The lowest BCUT2D eigenvalue weighted by Crippen LogP contribution is -2.38. The van der Waals surface area contributed by atoms with E-state index in [1.54, 1.807) is 11.6 Å². The van der Waals surface area contributed by atoms with E-state index in [-0.39, 0.29) is 5.91 Å². The molecule has 0 saturated carbocycles. The maximum Gasteiger partial charge on any atom is 0.236 e. The topological polar surface area (TPSA) is 98.7 Å². The van der Waals surface area contributed by atoms with Crippen molar-refractivity contribution in [2.45, 2.75) is 26.4 Å². The second-order valence-corrected chi connectivity index (χ2v) is 4.39. The number of aromatic nitrogens is 4. The van der Waals surface area contributed by atoms with Crippen molar-refractivity contribution < 1.29 is 4.79 Å². The Bertz CT molecular complexity index is 564. The van der Waals surface area contributed by atoms with Crippen LogP contribution in [-0.4, -0.2) is 32.2 Å². The number of hydrogen-bond acceptors (Lipinski definition) is 5. The molecule has 2 aromatic rings. The molecule has 7 nitrogen and oxygen atoms in total. The normalized spacial score (nSPS) is 12.2. The minimum atomic E-state index is -0.527. The maximum absolute atomic E-state index is 11.5. The molecule has 1 aromatic carbocycles. The molecule has 1 heterocycles. The van der Waals surface area contributed by atoms with Crippen molar-refractivity contribution in [2.24, 2.45) is 5.73 Å². The molecule has 1 atom stereocenters. The maximum atomic E-state index is 11.5. The highest BCUT2D eigenvalue weighted by Crippen LogP contribution is 2.15. The van der Waals surface area contributed by atoms with Gasteiger partial charge in [-0.1, -0.05) is 17.7 Å². The molecule has 0 spiro atoms. The van der Waals surface area contributed by atoms with Crippen LogP contribution < -0.4 is 11.1 Å². The van der Waals surface area contributed by atoms with E-state index in [0.29, 0.717) is 6.54 Å². The number of nitrogens with zero attached hydrogens (tertiary/aromatic N) is 4. The Morgan fingerprint density at radius 1 is 1.53 bits per heavy atom. The molecule has 0 unspecified atom stereocenters. The van der Waals surface area contributed by atoms with Gasteiger partial charge in [-0.2, -0.15) is 0 Å². The number of nitrogens with two attached hydrogens (primary N) is 1. The molecule has 0 radical (unpaired) electrons. The zero-order valence-corrected chi connectivity index (χ0v) is 10.9. The van der Waals surface area contributed by atoms with Crippen molar-refractivity contribution in [1.29, 1.82) is 0 Å². The summed E-state index contributed by atoms with van der Waals surface area (Å²) in [6.07, 6.45) is 1.52. The largest absolute Gasteiger partial charge is 0.351 e. The minimum absolute atomic E-state index is 0.191. The van der Waals surface area contributed by atoms with Gasteiger partial charge in [-0.3, -0.25) is 4.79 Å². The minimum Gasteiger partial charge on any atom is -0.351 e. The van der Waals surface area contributed by atoms with Crippen LogP contribution in [0, 0.1) is 6.92 Å². The van der Waals surface area contributed by atoms with Crippen molar-refractivity contribution >= 4 is 5.91 Å². The van der Waals surface area contributed by atoms with Crippen LogP contribution in [0.2, 0.25) is 0 Å². The first kappa shape index (κ1) is 13.2. The van der Waals surface area contributed by atoms with Gasteiger partial charge in [0.1, 0.15) is 6.33 Å². The summed E-state index contributed by atoms with van der Waals surface area (Å²) in [5.74, 6) is -0.191. The predicted molar refractivity (Wildman–Crippen MR) is 69.4 cm³/mol. The van der Waals surface area contributed by atoms with E-state index in [0.717, 1.165) is 16.8 Å². The summed E-state index contributed by atoms with van der Waals surface area (Å²) in [6.45, 7) is 4.02. The van der Waals surface area contributed by atoms with Crippen LogP contribution >= 0.6 is 0 Å². The standard InChI is InChI=1S/C12H16N6O/c1-8-3-4-11(18-7-15-16-17-18)10(5-8)6-14-12(19)9(2)13/h3-5,7,9H,6,13H2,1-2H3,(H,14,19)/t9-/m0/s1. The van der Waals surface area contributed by atoms with Crippen molar-refractivity contribution in [2.75, 3.05) is 0 Å². The number of nitrogens with one attached hydrogen (secondary N) is 1. The van der Waals surface area contributed by atoms with Crippen LogP contribution in [0.1, 0.15) is 18.1 Å². The summed E-state index contributed by atoms with van der Waals surface area (Å²) in [7, 11) is 0. The molecule has 1 amide bonds. The van der Waals surface area contributed by atoms with E-state index in [4.69, 9.17) is 5.73 Å². The van der Waals surface area contributed by atoms with Crippen LogP contribution in [0.25, 0.3) is 5.69 Å². The highest BCUT2D eigenvalue weighted by atomic mass is 16.2. The van der Waals surface area contributed by atoms with Gasteiger partial charge in [-0.05, 0) is 35.9 Å². The number of tetrazole rings is 1. The third-order valence-corrected chi connectivity index (χ3v) is 2.70. The summed E-state index contributed by atoms with van der Waals surface area (Å²) in [5, 5.41) is 13.9. The average Bonchev–Trinajstić information content (AvgIpc) is 2.89. The molecule has 2 rings (SSSR count). The number of hydrogen-bond donors (Lipinski definition) is 2. The Hall–Kier alpha value is -2.28. The first-order chi connectivity index (χ1) is 9.08. The third-order valence-electron chi connectivity index (χ3n) is 2.70. The van der Waals surface area contributed by atoms with E-state index >= 15 is 0 Å². The van der Waals surface area contributed by atoms with Gasteiger partial charge in [0.2, 0.25) is 5.91 Å². The molecule has 7 heteroatoms. The predicted octanol–water partition coefficient (Wildman–Crippen LogP) is -0.0659. The first-order valence-electron chi connectivity index (χ1n) is 5.94. The zero-order chi connectivity index (χ0) is 13.8. The fourth-order valence-corrected chi connectivity index (χ4v) is 1.69. The van der Waals surface area contributed by atoms with Gasteiger partial charge in [0, 0.05) is 6.54 Å². The van der Waals surface area contributed by atoms with E-state index in [1.807, 2.05) is 25.1 Å². The van der Waals surface area contributed by atoms with E-state index in [9.17, 15) is 4.79 Å². The second kappa shape index (κ2) is 5.57. The first-order valence-corrected chi connectivity index (χ1v) is 5.94. The number of carbonyl (C=O) groups is 1. The van der Waals surface area contributed by atoms with Gasteiger partial charge in [-0.15, -0.1) is 5.10 Å². The molecular formula is C12H16N6O. The van der Waals surface area contributed by atoms with Crippen LogP contribution in [0.4, 0.5) is 0 Å². The lowest BCUT2D eigenvalue weighted by Gasteiger charge is -2.12. The van der Waals surface area contributed by atoms with Gasteiger partial charge in [0.25, 0.3) is 0 Å². The van der Waals surface area contributed by atoms with Crippen molar-refractivity contribution in [3.8, 4) is 5.69 Å². The van der Waals surface area contributed by atoms with Gasteiger partial charge in [0.15, 0.2) is 0 Å². The summed E-state index contributed by atoms with van der Waals surface area (Å²) >= 11 is 0. The molecule has 0 fully saturated rings. The average molecular weight is 260 g/mol. The molecule has 0 aliphatic rings. The summed E-state index contributed by atoms with van der Waals surface area (Å²) in [6, 6.07) is 5.34. The van der Waals surface area contributed by atoms with Gasteiger partial charge >= 0.3 is 0 Å². The fourth-order valence-electron chi connectivity index (χ4n) is 1.69. The quantitative estimate of drug-likeness (QED) is 0.802. The molecule has 100 valence electrons. The lowest BCUT2D eigenvalue weighted by molar-refractivity contribution is -0.122. The Morgan fingerprint density at radius 3 is 2.95 bits per heavy atom. The van der Waals surface area contributed by atoms with E-state index < -0.39 is 6.04 Å². The SMILES string of the molecule is Cc1ccc(-n2cnnn2)c(CNC(=O)[C@H](C)N)c1. The molecule has 19 heavy (non-hydrogen) atoms. The van der Waals surface area contributed by atoms with Crippen LogP contribution in [0.15, 0.2) is 24.5 Å². The number of aryl methyl sites for hydroxylation is 1. The smallest absolute Gasteiger partial charge is 0.236 e. The summed E-state index contributed by atoms with van der Waals surface area (Å²) < 4.78 is 1.56. The van der Waals surface area contributed by atoms with Gasteiger partial charge in [0.05, 0.1) is 11.7 Å². The Balaban J connectivity index is 2.23. The second-order valence-electron chi connectivity index (χ2n) is 4.39. The Kier molecular flexibility index (Phi) is 3.86. The van der Waals surface area contributed by atoms with Gasteiger partial charge in [-0.25, -0.2) is 4.68 Å². The summed E-state index contributed by atoms with van der Waals surface area (Å²) in [5.41, 5.74) is 8.38. The molecule has 0 aliphatic heterocycles. The van der Waals surface area contributed by atoms with Gasteiger partial charge < -0.3 is 11.1 Å². The molecule has 0 aliphatic carbocycles. The Labute approximate surface area is 110 Å². The van der Waals surface area contributed by atoms with Crippen LogP contribution in [-0.2, 0) is 11.3 Å². The van der Waals surface area contributed by atoms with Crippen molar-refractivity contribution in [3.05, 3.63) is 35.7 Å². The number of benzene rings is 1. The van der Waals surface area contributed by atoms with E-state index in [2.05, 4.69) is 20.8 Å². The highest BCUT2D eigenvalue weighted by Gasteiger charge is 2.10. The number of amides is 1. The fraction of sp³-hybridized carbons (Fsp3) is 0.333. The van der Waals surface area contributed by atoms with Crippen LogP contribution in [0.3, 0.4) is 0 Å². The van der Waals surface area contributed by atoms with Crippen molar-refractivity contribution in [3.63, 3.8) is 0 Å². The van der Waals surface area contributed by atoms with Crippen LogP contribution in [0.5, 0.6) is 0 Å². The molecule has 0 bridgehead atoms. The monoisotopic (exact) mass is 260 g/mol. The highest BCUT2D eigenvalue weighted by molar-refractivity contribution is 5.81. The Morgan fingerprint density at radius 2 is 2.32 bits per heavy atom. The zero-order valence-electron chi connectivity index (χ0n) is 10.9. The summed E-state index contributed by atoms with van der Waals surface area (Å²) in [4.78, 5) is 11.5.